The summed E-state index contributed by atoms with van der Waals surface area (Å²) in [5, 5.41) is 2.66. The molecule has 0 bridgehead atoms. The van der Waals surface area contributed by atoms with Gasteiger partial charge in [-0.3, -0.25) is 14.3 Å². The van der Waals surface area contributed by atoms with Crippen molar-refractivity contribution in [2.45, 2.75) is 25.2 Å². The molecule has 4 N–H and O–H groups in total. The first-order valence-electron chi connectivity index (χ1n) is 10.6. The van der Waals surface area contributed by atoms with E-state index in [1.54, 1.807) is 49.4 Å². The third kappa shape index (κ3) is 6.41. The van der Waals surface area contributed by atoms with Crippen molar-refractivity contribution >= 4 is 27.5 Å². The van der Waals surface area contributed by atoms with Gasteiger partial charge in [-0.05, 0) is 67.8 Å². The summed E-state index contributed by atoms with van der Waals surface area (Å²) in [5.74, 6) is -2.25. The highest BCUT2D eigenvalue weighted by atomic mass is 32.2. The van der Waals surface area contributed by atoms with Gasteiger partial charge in [0.05, 0.1) is 10.8 Å². The van der Waals surface area contributed by atoms with Crippen LogP contribution in [-0.4, -0.2) is 26.8 Å². The Morgan fingerprint density at radius 2 is 1.62 bits per heavy atom. The van der Waals surface area contributed by atoms with E-state index in [0.29, 0.717) is 16.8 Å². The van der Waals surface area contributed by atoms with Gasteiger partial charge in [0.15, 0.2) is 0 Å². The van der Waals surface area contributed by atoms with Crippen molar-refractivity contribution in [2.75, 3.05) is 11.3 Å². The van der Waals surface area contributed by atoms with Crippen LogP contribution in [0, 0.1) is 25.6 Å². The Labute approximate surface area is 198 Å². The van der Waals surface area contributed by atoms with Crippen LogP contribution in [0.5, 0.6) is 0 Å². The van der Waals surface area contributed by atoms with Crippen molar-refractivity contribution in [3.63, 3.8) is 0 Å². The molecule has 1 atom stereocenters. The molecule has 9 heteroatoms. The summed E-state index contributed by atoms with van der Waals surface area (Å²) in [7, 11) is -3.92. The highest BCUT2D eigenvalue weighted by molar-refractivity contribution is 7.92. The molecule has 0 spiro atoms. The molecule has 0 fully saturated rings. The second kappa shape index (κ2) is 10.5. The average molecular weight is 484 g/mol. The van der Waals surface area contributed by atoms with Crippen LogP contribution in [0.25, 0.3) is 0 Å². The molecule has 34 heavy (non-hydrogen) atoms. The molecule has 0 saturated carbocycles. The number of nitrogens with two attached hydrogens (primary N) is 1. The molecule has 0 aliphatic rings. The molecule has 0 aliphatic heterocycles. The fraction of sp³-hybridized carbons (Fsp3) is 0.200. The van der Waals surface area contributed by atoms with Gasteiger partial charge in [0.2, 0.25) is 5.91 Å². The van der Waals surface area contributed by atoms with Crippen LogP contribution in [0.15, 0.2) is 71.6 Å². The number of carbonyl (C=O) groups is 2. The lowest BCUT2D eigenvalue weighted by Gasteiger charge is -2.16. The smallest absolute Gasteiger partial charge is 0.261 e. The summed E-state index contributed by atoms with van der Waals surface area (Å²) in [6, 6.07) is 16.8. The quantitative estimate of drug-likeness (QED) is 0.433. The maximum absolute atomic E-state index is 13.1. The number of sulfonamides is 1. The summed E-state index contributed by atoms with van der Waals surface area (Å²) in [6.07, 6.45) is 0.226. The molecule has 0 aliphatic carbocycles. The van der Waals surface area contributed by atoms with E-state index in [-0.39, 0.29) is 23.4 Å². The summed E-state index contributed by atoms with van der Waals surface area (Å²) >= 11 is 0. The van der Waals surface area contributed by atoms with Crippen molar-refractivity contribution in [3.8, 4) is 0 Å². The Morgan fingerprint density at radius 1 is 0.971 bits per heavy atom. The summed E-state index contributed by atoms with van der Waals surface area (Å²) < 4.78 is 41.3. The first kappa shape index (κ1) is 24.9. The fourth-order valence-electron chi connectivity index (χ4n) is 3.34. The van der Waals surface area contributed by atoms with Gasteiger partial charge < -0.3 is 11.1 Å². The normalized spacial score (nSPS) is 12.1. The van der Waals surface area contributed by atoms with E-state index in [0.717, 1.165) is 5.56 Å². The lowest BCUT2D eigenvalue weighted by atomic mass is 9.98. The van der Waals surface area contributed by atoms with E-state index in [1.807, 2.05) is 6.92 Å². The van der Waals surface area contributed by atoms with E-state index in [1.165, 1.54) is 24.3 Å². The minimum absolute atomic E-state index is 0.0520. The highest BCUT2D eigenvalue weighted by Crippen LogP contribution is 2.20. The zero-order valence-electron chi connectivity index (χ0n) is 18.8. The van der Waals surface area contributed by atoms with Crippen LogP contribution in [0.3, 0.4) is 0 Å². The second-order valence-electron chi connectivity index (χ2n) is 8.09. The fourth-order valence-corrected chi connectivity index (χ4v) is 4.42. The van der Waals surface area contributed by atoms with E-state index in [4.69, 9.17) is 5.73 Å². The minimum Gasteiger partial charge on any atom is -0.369 e. The molecule has 0 radical (unpaired) electrons. The van der Waals surface area contributed by atoms with Crippen LogP contribution in [0.2, 0.25) is 0 Å². The van der Waals surface area contributed by atoms with Gasteiger partial charge in [-0.2, -0.15) is 0 Å². The number of hydrogen-bond donors (Lipinski definition) is 3. The number of anilines is 1. The second-order valence-corrected chi connectivity index (χ2v) is 9.77. The van der Waals surface area contributed by atoms with Gasteiger partial charge in [0, 0.05) is 17.8 Å². The third-order valence-corrected chi connectivity index (χ3v) is 6.75. The predicted molar refractivity (Wildman–Crippen MR) is 128 cm³/mol. The van der Waals surface area contributed by atoms with Crippen LogP contribution in [-0.2, 0) is 21.2 Å². The highest BCUT2D eigenvalue weighted by Gasteiger charge is 2.21. The topological polar surface area (TPSA) is 118 Å². The molecule has 3 rings (SSSR count). The van der Waals surface area contributed by atoms with Gasteiger partial charge >= 0.3 is 0 Å². The number of halogens is 1. The van der Waals surface area contributed by atoms with Crippen LogP contribution < -0.4 is 15.8 Å². The lowest BCUT2D eigenvalue weighted by Crippen LogP contribution is -2.37. The van der Waals surface area contributed by atoms with Crippen LogP contribution in [0.1, 0.15) is 27.0 Å². The summed E-state index contributed by atoms with van der Waals surface area (Å²) in [6.45, 7) is 3.53. The molecular weight excluding hydrogens is 457 g/mol. The monoisotopic (exact) mass is 483 g/mol. The number of benzene rings is 3. The Kier molecular flexibility index (Phi) is 7.68. The maximum Gasteiger partial charge on any atom is 0.261 e. The van der Waals surface area contributed by atoms with Gasteiger partial charge in [-0.25, -0.2) is 12.8 Å². The number of nitrogens with one attached hydrogen (secondary N) is 2. The van der Waals surface area contributed by atoms with Crippen molar-refractivity contribution in [1.29, 1.82) is 0 Å². The van der Waals surface area contributed by atoms with Crippen molar-refractivity contribution in [3.05, 3.63) is 94.8 Å². The molecular formula is C25H26FN3O4S. The Bertz CT molecular complexity index is 1290. The Balaban J connectivity index is 1.73. The van der Waals surface area contributed by atoms with Gasteiger partial charge in [0.1, 0.15) is 5.82 Å². The zero-order valence-corrected chi connectivity index (χ0v) is 19.7. The number of carbonyl (C=O) groups excluding carboxylic acids is 2. The van der Waals surface area contributed by atoms with Crippen LogP contribution in [0.4, 0.5) is 10.1 Å². The number of aryl methyl sites for hydroxylation is 2. The zero-order chi connectivity index (χ0) is 24.9. The van der Waals surface area contributed by atoms with Crippen LogP contribution >= 0.6 is 0 Å². The third-order valence-electron chi connectivity index (χ3n) is 5.37. The van der Waals surface area contributed by atoms with Crippen molar-refractivity contribution in [2.24, 2.45) is 11.7 Å². The lowest BCUT2D eigenvalue weighted by molar-refractivity contribution is -0.121. The largest absolute Gasteiger partial charge is 0.369 e. The molecule has 1 unspecified atom stereocenters. The molecule has 0 aromatic heterocycles. The number of primary amides is 1. The predicted octanol–water partition coefficient (Wildman–Crippen LogP) is 3.32. The maximum atomic E-state index is 13.1. The van der Waals surface area contributed by atoms with Crippen molar-refractivity contribution in [1.82, 2.24) is 5.32 Å². The minimum atomic E-state index is -3.92. The standard InChI is InChI=1S/C25H26FN3O4S/c1-16-3-10-21(11-4-16)29-34(32,33)22-12-5-17(2)23(14-22)25(31)28-15-19(24(27)30)13-18-6-8-20(26)9-7-18/h3-12,14,19,29H,13,15H2,1-2H3,(H2,27,30)(H,28,31). The molecule has 2 amide bonds. The molecule has 178 valence electrons. The van der Waals surface area contributed by atoms with E-state index >= 15 is 0 Å². The molecule has 0 heterocycles. The number of rotatable bonds is 9. The molecule has 0 saturated heterocycles. The van der Waals surface area contributed by atoms with Gasteiger partial charge in [-0.1, -0.05) is 35.9 Å². The van der Waals surface area contributed by atoms with Crippen molar-refractivity contribution < 1.29 is 22.4 Å². The average Bonchev–Trinajstić information content (AvgIpc) is 2.79. The number of amides is 2. The first-order valence-corrected chi connectivity index (χ1v) is 12.1. The molecule has 7 nitrogen and oxygen atoms in total. The first-order chi connectivity index (χ1) is 16.0. The summed E-state index contributed by atoms with van der Waals surface area (Å²) in [5.41, 5.74) is 8.31. The van der Waals surface area contributed by atoms with E-state index < -0.39 is 33.6 Å². The molecule has 3 aromatic rings. The SMILES string of the molecule is Cc1ccc(NS(=O)(=O)c2ccc(C)c(C(=O)NCC(Cc3ccc(F)cc3)C(N)=O)c2)cc1. The Morgan fingerprint density at radius 3 is 2.24 bits per heavy atom. The van der Waals surface area contributed by atoms with E-state index in [2.05, 4.69) is 10.0 Å². The Hall–Kier alpha value is -3.72. The van der Waals surface area contributed by atoms with Gasteiger partial charge in [-0.15, -0.1) is 0 Å². The number of hydrogen-bond acceptors (Lipinski definition) is 4. The van der Waals surface area contributed by atoms with E-state index in [9.17, 15) is 22.4 Å². The summed E-state index contributed by atoms with van der Waals surface area (Å²) in [4.78, 5) is 24.6. The van der Waals surface area contributed by atoms with Gasteiger partial charge in [0.25, 0.3) is 15.9 Å². The molecule has 3 aromatic carbocycles.